The van der Waals surface area contributed by atoms with Gasteiger partial charge in [0.2, 0.25) is 5.91 Å². The van der Waals surface area contributed by atoms with Crippen LogP contribution in [-0.4, -0.2) is 19.1 Å². The van der Waals surface area contributed by atoms with E-state index in [0.29, 0.717) is 12.3 Å². The van der Waals surface area contributed by atoms with Crippen LogP contribution in [0.25, 0.3) is 0 Å². The second-order valence-electron chi connectivity index (χ2n) is 5.23. The number of methoxy groups -OCH3 is 1. The Labute approximate surface area is 115 Å². The van der Waals surface area contributed by atoms with Gasteiger partial charge in [-0.05, 0) is 37.0 Å². The largest absolute Gasteiger partial charge is 0.377 e. The molecule has 0 aliphatic carbocycles. The second-order valence-corrected chi connectivity index (χ2v) is 5.23. The van der Waals surface area contributed by atoms with Crippen LogP contribution in [0, 0.1) is 5.92 Å². The third-order valence-corrected chi connectivity index (χ3v) is 3.04. The average molecular weight is 264 g/mol. The lowest BCUT2D eigenvalue weighted by Crippen LogP contribution is -2.36. The summed E-state index contributed by atoms with van der Waals surface area (Å²) in [5.74, 6) is 0.261. The van der Waals surface area contributed by atoms with Crippen molar-refractivity contribution < 1.29 is 9.53 Å². The van der Waals surface area contributed by atoms with E-state index in [1.54, 1.807) is 7.11 Å². The number of carbonyl (C=O) groups is 1. The van der Waals surface area contributed by atoms with Gasteiger partial charge in [0.15, 0.2) is 0 Å². The highest BCUT2D eigenvalue weighted by atomic mass is 16.5. The number of anilines is 1. The Balaban J connectivity index is 2.69. The summed E-state index contributed by atoms with van der Waals surface area (Å²) in [5, 5.41) is 2.85. The normalized spacial score (nSPS) is 14.2. The molecule has 1 aromatic carbocycles. The lowest BCUT2D eigenvalue weighted by molar-refractivity contribution is -0.117. The highest BCUT2D eigenvalue weighted by Gasteiger charge is 2.15. The molecule has 0 saturated heterocycles. The first kappa shape index (κ1) is 15.7. The smallest absolute Gasteiger partial charge is 0.241 e. The predicted octanol–water partition coefficient (Wildman–Crippen LogP) is 2.71. The van der Waals surface area contributed by atoms with Crippen molar-refractivity contribution in [3.8, 4) is 0 Å². The summed E-state index contributed by atoms with van der Waals surface area (Å²) in [5.41, 5.74) is 7.63. The van der Waals surface area contributed by atoms with Crippen LogP contribution < -0.4 is 11.1 Å². The van der Waals surface area contributed by atoms with Crippen LogP contribution in [0.5, 0.6) is 0 Å². The maximum atomic E-state index is 11.9. The highest BCUT2D eigenvalue weighted by Crippen LogP contribution is 2.19. The van der Waals surface area contributed by atoms with Crippen LogP contribution in [0.2, 0.25) is 0 Å². The summed E-state index contributed by atoms with van der Waals surface area (Å²) in [6, 6.07) is 7.16. The fourth-order valence-electron chi connectivity index (χ4n) is 1.86. The number of benzene rings is 1. The van der Waals surface area contributed by atoms with E-state index in [1.807, 2.05) is 45.0 Å². The SMILES string of the molecule is COC(C)c1cccc(NC(=O)[C@@H](N)CC(C)C)c1. The summed E-state index contributed by atoms with van der Waals surface area (Å²) < 4.78 is 5.26. The van der Waals surface area contributed by atoms with Crippen molar-refractivity contribution in [2.45, 2.75) is 39.3 Å². The number of hydrogen-bond acceptors (Lipinski definition) is 3. The van der Waals surface area contributed by atoms with Gasteiger partial charge < -0.3 is 15.8 Å². The van der Waals surface area contributed by atoms with Gasteiger partial charge in [0.05, 0.1) is 12.1 Å². The molecule has 0 radical (unpaired) electrons. The Hall–Kier alpha value is -1.39. The van der Waals surface area contributed by atoms with E-state index < -0.39 is 6.04 Å². The number of amides is 1. The van der Waals surface area contributed by atoms with Crippen LogP contribution >= 0.6 is 0 Å². The zero-order chi connectivity index (χ0) is 14.4. The zero-order valence-electron chi connectivity index (χ0n) is 12.1. The van der Waals surface area contributed by atoms with Crippen LogP contribution in [0.3, 0.4) is 0 Å². The standard InChI is InChI=1S/C15H24N2O2/c1-10(2)8-14(16)15(18)17-13-7-5-6-12(9-13)11(3)19-4/h5-7,9-11,14H,8,16H2,1-4H3,(H,17,18)/t11?,14-/m0/s1. The van der Waals surface area contributed by atoms with Gasteiger partial charge in [-0.15, -0.1) is 0 Å². The first-order valence-corrected chi connectivity index (χ1v) is 6.63. The minimum absolute atomic E-state index is 0.00110. The molecule has 4 heteroatoms. The summed E-state index contributed by atoms with van der Waals surface area (Å²) in [4.78, 5) is 11.9. The molecule has 0 fully saturated rings. The Bertz CT molecular complexity index is 418. The van der Waals surface area contributed by atoms with Crippen LogP contribution in [-0.2, 0) is 9.53 Å². The van der Waals surface area contributed by atoms with Gasteiger partial charge in [0, 0.05) is 12.8 Å². The number of nitrogens with one attached hydrogen (secondary N) is 1. The molecule has 1 amide bonds. The fourth-order valence-corrected chi connectivity index (χ4v) is 1.86. The Kier molecular flexibility index (Phi) is 5.99. The van der Waals surface area contributed by atoms with Crippen molar-refractivity contribution in [3.05, 3.63) is 29.8 Å². The van der Waals surface area contributed by atoms with Crippen LogP contribution in [0.1, 0.15) is 38.9 Å². The van der Waals surface area contributed by atoms with Gasteiger partial charge in [-0.1, -0.05) is 26.0 Å². The highest BCUT2D eigenvalue weighted by molar-refractivity contribution is 5.94. The van der Waals surface area contributed by atoms with E-state index in [1.165, 1.54) is 0 Å². The molecular formula is C15H24N2O2. The summed E-state index contributed by atoms with van der Waals surface area (Å²) in [6.45, 7) is 6.06. The first-order valence-electron chi connectivity index (χ1n) is 6.63. The molecule has 2 atom stereocenters. The van der Waals surface area contributed by atoms with E-state index in [9.17, 15) is 4.79 Å². The van der Waals surface area contributed by atoms with Crippen LogP contribution in [0.4, 0.5) is 5.69 Å². The van der Waals surface area contributed by atoms with Gasteiger partial charge in [-0.2, -0.15) is 0 Å². The molecule has 0 spiro atoms. The van der Waals surface area contributed by atoms with Gasteiger partial charge >= 0.3 is 0 Å². The molecule has 0 aliphatic rings. The maximum absolute atomic E-state index is 11.9. The van der Waals surface area contributed by atoms with Crippen molar-refractivity contribution >= 4 is 11.6 Å². The average Bonchev–Trinajstić information content (AvgIpc) is 2.37. The Morgan fingerprint density at radius 3 is 2.63 bits per heavy atom. The zero-order valence-corrected chi connectivity index (χ0v) is 12.1. The van der Waals surface area contributed by atoms with E-state index in [4.69, 9.17) is 10.5 Å². The minimum atomic E-state index is -0.469. The third kappa shape index (κ3) is 5.01. The summed E-state index contributed by atoms with van der Waals surface area (Å²) in [6.07, 6.45) is 0.682. The number of hydrogen-bond donors (Lipinski definition) is 2. The molecular weight excluding hydrogens is 240 g/mol. The van der Waals surface area contributed by atoms with Crippen molar-refractivity contribution in [2.75, 3.05) is 12.4 Å². The number of rotatable bonds is 6. The predicted molar refractivity (Wildman–Crippen MR) is 77.9 cm³/mol. The van der Waals surface area contributed by atoms with E-state index in [0.717, 1.165) is 11.3 Å². The molecule has 19 heavy (non-hydrogen) atoms. The molecule has 3 N–H and O–H groups in total. The number of nitrogens with two attached hydrogens (primary N) is 1. The van der Waals surface area contributed by atoms with Crippen molar-refractivity contribution in [2.24, 2.45) is 11.7 Å². The molecule has 1 rings (SSSR count). The van der Waals surface area contributed by atoms with E-state index in [2.05, 4.69) is 5.32 Å². The lowest BCUT2D eigenvalue weighted by atomic mass is 10.0. The number of carbonyl (C=O) groups excluding carboxylic acids is 1. The van der Waals surface area contributed by atoms with E-state index in [-0.39, 0.29) is 12.0 Å². The molecule has 1 aromatic rings. The second kappa shape index (κ2) is 7.26. The quantitative estimate of drug-likeness (QED) is 0.830. The summed E-state index contributed by atoms with van der Waals surface area (Å²) >= 11 is 0. The molecule has 1 unspecified atom stereocenters. The third-order valence-electron chi connectivity index (χ3n) is 3.04. The van der Waals surface area contributed by atoms with Crippen molar-refractivity contribution in [1.82, 2.24) is 0 Å². The molecule has 0 bridgehead atoms. The molecule has 0 aromatic heterocycles. The fraction of sp³-hybridized carbons (Fsp3) is 0.533. The Morgan fingerprint density at radius 2 is 2.05 bits per heavy atom. The summed E-state index contributed by atoms with van der Waals surface area (Å²) in [7, 11) is 1.66. The molecule has 4 nitrogen and oxygen atoms in total. The van der Waals surface area contributed by atoms with Gasteiger partial charge in [-0.3, -0.25) is 4.79 Å². The van der Waals surface area contributed by atoms with Gasteiger partial charge in [0.1, 0.15) is 0 Å². The minimum Gasteiger partial charge on any atom is -0.377 e. The van der Waals surface area contributed by atoms with Crippen molar-refractivity contribution in [1.29, 1.82) is 0 Å². The monoisotopic (exact) mass is 264 g/mol. The first-order chi connectivity index (χ1) is 8.93. The molecule has 0 aliphatic heterocycles. The van der Waals surface area contributed by atoms with Crippen molar-refractivity contribution in [3.63, 3.8) is 0 Å². The van der Waals surface area contributed by atoms with Crippen LogP contribution in [0.15, 0.2) is 24.3 Å². The number of ether oxygens (including phenoxy) is 1. The topological polar surface area (TPSA) is 64.3 Å². The molecule has 0 saturated carbocycles. The lowest BCUT2D eigenvalue weighted by Gasteiger charge is -2.15. The Morgan fingerprint density at radius 1 is 1.37 bits per heavy atom. The molecule has 106 valence electrons. The van der Waals surface area contributed by atoms with Gasteiger partial charge in [-0.25, -0.2) is 0 Å². The van der Waals surface area contributed by atoms with Gasteiger partial charge in [0.25, 0.3) is 0 Å². The van der Waals surface area contributed by atoms with E-state index >= 15 is 0 Å². The maximum Gasteiger partial charge on any atom is 0.241 e. The molecule has 0 heterocycles.